The van der Waals surface area contributed by atoms with Gasteiger partial charge in [-0.3, -0.25) is 4.79 Å². The van der Waals surface area contributed by atoms with Gasteiger partial charge in [-0.2, -0.15) is 0 Å². The third-order valence-electron chi connectivity index (χ3n) is 4.68. The molecule has 0 spiro atoms. The topological polar surface area (TPSA) is 38.8 Å². The number of hydrogen-bond acceptors (Lipinski definition) is 4. The zero-order valence-corrected chi connectivity index (χ0v) is 13.6. The summed E-state index contributed by atoms with van der Waals surface area (Å²) in [5, 5.41) is 0. The van der Waals surface area contributed by atoms with Gasteiger partial charge in [0.25, 0.3) is 0 Å². The molecule has 0 atom stereocenters. The van der Waals surface area contributed by atoms with Crippen molar-refractivity contribution in [1.82, 2.24) is 0 Å². The maximum atomic E-state index is 14.0. The van der Waals surface area contributed by atoms with Crippen LogP contribution >= 0.6 is 0 Å². The summed E-state index contributed by atoms with van der Waals surface area (Å²) in [5.41, 5.74) is 0.915. The standard InChI is InChI=1S/C18H24FNO3/c1-13(21)18-16(19)3-2-4-17(18)20-9-5-14(6-10-20)23-15-7-11-22-12-8-15/h2-4,14-15H,5-12H2,1H3. The van der Waals surface area contributed by atoms with Gasteiger partial charge in [0.15, 0.2) is 5.78 Å². The molecular weight excluding hydrogens is 297 g/mol. The van der Waals surface area contributed by atoms with E-state index in [9.17, 15) is 9.18 Å². The molecule has 0 aliphatic carbocycles. The smallest absolute Gasteiger partial charge is 0.164 e. The first kappa shape index (κ1) is 16.4. The van der Waals surface area contributed by atoms with Crippen LogP contribution in [0.2, 0.25) is 0 Å². The molecule has 0 N–H and O–H groups in total. The number of Topliss-reactive ketones (excluding diaryl/α,β-unsaturated/α-hetero) is 1. The largest absolute Gasteiger partial charge is 0.381 e. The van der Waals surface area contributed by atoms with Crippen molar-refractivity contribution in [3.05, 3.63) is 29.6 Å². The average Bonchev–Trinajstić information content (AvgIpc) is 2.56. The van der Waals surface area contributed by atoms with Gasteiger partial charge in [-0.15, -0.1) is 0 Å². The van der Waals surface area contributed by atoms with E-state index in [1.807, 2.05) is 6.07 Å². The van der Waals surface area contributed by atoms with Crippen molar-refractivity contribution in [2.45, 2.75) is 44.8 Å². The van der Waals surface area contributed by atoms with Crippen LogP contribution in [0.15, 0.2) is 18.2 Å². The quantitative estimate of drug-likeness (QED) is 0.798. The van der Waals surface area contributed by atoms with Crippen molar-refractivity contribution >= 4 is 11.5 Å². The van der Waals surface area contributed by atoms with Crippen LogP contribution in [-0.2, 0) is 9.47 Å². The van der Waals surface area contributed by atoms with Gasteiger partial charge in [0.2, 0.25) is 0 Å². The second kappa shape index (κ2) is 7.41. The fraction of sp³-hybridized carbons (Fsp3) is 0.611. The average molecular weight is 321 g/mol. The Labute approximate surface area is 136 Å². The van der Waals surface area contributed by atoms with Crippen LogP contribution in [0.4, 0.5) is 10.1 Å². The highest BCUT2D eigenvalue weighted by atomic mass is 19.1. The molecule has 2 saturated heterocycles. The van der Waals surface area contributed by atoms with Crippen LogP contribution < -0.4 is 4.90 Å². The molecule has 2 aliphatic heterocycles. The molecule has 2 heterocycles. The number of carbonyl (C=O) groups excluding carboxylic acids is 1. The van der Waals surface area contributed by atoms with Crippen molar-refractivity contribution < 1.29 is 18.7 Å². The number of halogens is 1. The Hall–Kier alpha value is -1.46. The predicted molar refractivity (Wildman–Crippen MR) is 86.6 cm³/mol. The highest BCUT2D eigenvalue weighted by Gasteiger charge is 2.26. The summed E-state index contributed by atoms with van der Waals surface area (Å²) >= 11 is 0. The van der Waals surface area contributed by atoms with Crippen molar-refractivity contribution in [2.24, 2.45) is 0 Å². The first-order valence-corrected chi connectivity index (χ1v) is 8.42. The van der Waals surface area contributed by atoms with Crippen molar-refractivity contribution in [3.8, 4) is 0 Å². The van der Waals surface area contributed by atoms with E-state index in [2.05, 4.69) is 4.90 Å². The van der Waals surface area contributed by atoms with Gasteiger partial charge in [-0.25, -0.2) is 4.39 Å². The molecule has 23 heavy (non-hydrogen) atoms. The minimum absolute atomic E-state index is 0.205. The normalized spacial score (nSPS) is 20.7. The lowest BCUT2D eigenvalue weighted by atomic mass is 10.0. The molecule has 3 rings (SSSR count). The SMILES string of the molecule is CC(=O)c1c(F)cccc1N1CCC(OC2CCOCC2)CC1. The summed E-state index contributed by atoms with van der Waals surface area (Å²) in [6.07, 6.45) is 4.32. The summed E-state index contributed by atoms with van der Waals surface area (Å²) in [7, 11) is 0. The summed E-state index contributed by atoms with van der Waals surface area (Å²) in [6, 6.07) is 4.85. The van der Waals surface area contributed by atoms with Gasteiger partial charge in [-0.1, -0.05) is 6.07 Å². The molecule has 0 amide bonds. The van der Waals surface area contributed by atoms with Gasteiger partial charge < -0.3 is 14.4 Å². The lowest BCUT2D eigenvalue weighted by molar-refractivity contribution is -0.0743. The van der Waals surface area contributed by atoms with Crippen LogP contribution in [0.25, 0.3) is 0 Å². The van der Waals surface area contributed by atoms with Gasteiger partial charge in [0, 0.05) is 26.3 Å². The molecule has 0 saturated carbocycles. The molecule has 0 bridgehead atoms. The Kier molecular flexibility index (Phi) is 5.28. The van der Waals surface area contributed by atoms with E-state index in [0.29, 0.717) is 11.8 Å². The van der Waals surface area contributed by atoms with E-state index in [4.69, 9.17) is 9.47 Å². The molecule has 0 radical (unpaired) electrons. The number of rotatable bonds is 4. The number of ether oxygens (including phenoxy) is 2. The van der Waals surface area contributed by atoms with Crippen LogP contribution in [-0.4, -0.2) is 44.3 Å². The zero-order valence-electron chi connectivity index (χ0n) is 13.6. The predicted octanol–water partition coefficient (Wildman–Crippen LogP) is 3.19. The third kappa shape index (κ3) is 3.90. The van der Waals surface area contributed by atoms with Crippen LogP contribution in [0.3, 0.4) is 0 Å². The Morgan fingerprint density at radius 2 is 1.83 bits per heavy atom. The van der Waals surface area contributed by atoms with E-state index >= 15 is 0 Å². The monoisotopic (exact) mass is 321 g/mol. The maximum absolute atomic E-state index is 14.0. The molecule has 5 heteroatoms. The molecule has 1 aromatic carbocycles. The van der Waals surface area contributed by atoms with Gasteiger partial charge in [-0.05, 0) is 44.7 Å². The Balaban J connectivity index is 1.61. The lowest BCUT2D eigenvalue weighted by Crippen LogP contribution is -2.40. The Morgan fingerprint density at radius 3 is 2.48 bits per heavy atom. The fourth-order valence-corrected chi connectivity index (χ4v) is 3.44. The summed E-state index contributed by atoms with van der Waals surface area (Å²) < 4.78 is 25.5. The van der Waals surface area contributed by atoms with Gasteiger partial charge in [0.05, 0.1) is 23.5 Å². The van der Waals surface area contributed by atoms with Crippen molar-refractivity contribution in [1.29, 1.82) is 0 Å². The van der Waals surface area contributed by atoms with E-state index < -0.39 is 5.82 Å². The molecule has 0 aromatic heterocycles. The molecule has 1 aromatic rings. The number of nitrogens with zero attached hydrogens (tertiary/aromatic N) is 1. The van der Waals surface area contributed by atoms with Crippen molar-refractivity contribution in [3.63, 3.8) is 0 Å². The van der Waals surface area contributed by atoms with E-state index in [1.54, 1.807) is 6.07 Å². The highest BCUT2D eigenvalue weighted by molar-refractivity contribution is 6.00. The van der Waals surface area contributed by atoms with Crippen LogP contribution in [0.5, 0.6) is 0 Å². The maximum Gasteiger partial charge on any atom is 0.164 e. The van der Waals surface area contributed by atoms with Crippen molar-refractivity contribution in [2.75, 3.05) is 31.2 Å². The summed E-state index contributed by atoms with van der Waals surface area (Å²) in [6.45, 7) is 4.57. The van der Waals surface area contributed by atoms with Gasteiger partial charge in [0.1, 0.15) is 5.82 Å². The molecule has 2 aliphatic rings. The summed E-state index contributed by atoms with van der Waals surface area (Å²) in [4.78, 5) is 13.9. The Bertz CT molecular complexity index is 549. The summed E-state index contributed by atoms with van der Waals surface area (Å²) in [5.74, 6) is -0.658. The molecule has 4 nitrogen and oxygen atoms in total. The molecule has 2 fully saturated rings. The first-order chi connectivity index (χ1) is 11.1. The second-order valence-electron chi connectivity index (χ2n) is 6.32. The zero-order chi connectivity index (χ0) is 16.2. The number of ketones is 1. The lowest BCUT2D eigenvalue weighted by Gasteiger charge is -2.36. The number of piperidine rings is 1. The second-order valence-corrected chi connectivity index (χ2v) is 6.32. The number of benzene rings is 1. The highest BCUT2D eigenvalue weighted by Crippen LogP contribution is 2.28. The minimum atomic E-state index is -0.435. The van der Waals surface area contributed by atoms with E-state index in [1.165, 1.54) is 13.0 Å². The van der Waals surface area contributed by atoms with E-state index in [0.717, 1.165) is 52.0 Å². The molecular formula is C18H24FNO3. The number of carbonyl (C=O) groups is 1. The minimum Gasteiger partial charge on any atom is -0.381 e. The van der Waals surface area contributed by atoms with Crippen LogP contribution in [0, 0.1) is 5.82 Å². The van der Waals surface area contributed by atoms with Gasteiger partial charge >= 0.3 is 0 Å². The molecule has 126 valence electrons. The fourth-order valence-electron chi connectivity index (χ4n) is 3.44. The molecule has 0 unspecified atom stereocenters. The number of hydrogen-bond donors (Lipinski definition) is 0. The Morgan fingerprint density at radius 1 is 1.17 bits per heavy atom. The third-order valence-corrected chi connectivity index (χ3v) is 4.68. The first-order valence-electron chi connectivity index (χ1n) is 8.42. The van der Waals surface area contributed by atoms with Crippen LogP contribution in [0.1, 0.15) is 43.0 Å². The number of anilines is 1. The van der Waals surface area contributed by atoms with E-state index in [-0.39, 0.29) is 17.5 Å².